The van der Waals surface area contributed by atoms with Crippen molar-refractivity contribution in [1.82, 2.24) is 16.0 Å². The number of ketones is 1. The van der Waals surface area contributed by atoms with Crippen molar-refractivity contribution in [3.63, 3.8) is 0 Å². The average Bonchev–Trinajstić information content (AvgIpc) is 3.23. The maximum absolute atomic E-state index is 11.2. The average molecular weight is 780 g/mol. The van der Waals surface area contributed by atoms with E-state index in [4.69, 9.17) is 4.79 Å². The fourth-order valence-corrected chi connectivity index (χ4v) is 3.34. The molecule has 0 aliphatic rings. The molecule has 0 aliphatic heterocycles. The van der Waals surface area contributed by atoms with Crippen molar-refractivity contribution in [2.45, 2.75) is 120 Å². The van der Waals surface area contributed by atoms with E-state index in [1.165, 1.54) is 38.2 Å². The third kappa shape index (κ3) is 40.4. The van der Waals surface area contributed by atoms with Gasteiger partial charge in [-0.15, -0.1) is 11.5 Å². The standard InChI is InChI=1S/C11H13NO2.C9H13N.C8H8N2O2.C6H15N.C4H10.C4H8.C3H8.CH2O/c1-8(14)10-4-9(7-13)5-11(6-10)12(2)3;1-8(10-2)9-6-4-3-5-7-9;11-6-9-5-7-1-3-8(10-12)4-2-7;1-4-5-7-6(2)3;2*1-3-4-2;1-3-2;1-2/h4-7H,1-3H3;3-8,10H,1-2H3;1-4,6H,5H2,(H,9,11);6-7H,4-5H2,1-3H3;3-4H2,1-2H3;3H,1,4H2,2H3;3H2,1-2H3;1H2/t;8-;;;;;;/m.1....../s1. The molecule has 0 aromatic heterocycles. The molecular formula is C46H77N5O5. The van der Waals surface area contributed by atoms with Crippen LogP contribution in [0.25, 0.3) is 0 Å². The summed E-state index contributed by atoms with van der Waals surface area (Å²) in [5.74, 6) is -0.0307. The summed E-state index contributed by atoms with van der Waals surface area (Å²) in [7, 11) is 5.71. The normalized spacial score (nSPS) is 9.32. The Morgan fingerprint density at radius 1 is 0.839 bits per heavy atom. The molecule has 0 aliphatic carbocycles. The lowest BCUT2D eigenvalue weighted by molar-refractivity contribution is -0.109. The first-order valence-corrected chi connectivity index (χ1v) is 19.5. The molecule has 0 bridgehead atoms. The molecule has 10 nitrogen and oxygen atoms in total. The number of unbranched alkanes of at least 4 members (excludes halogenated alkanes) is 1. The van der Waals surface area contributed by atoms with E-state index < -0.39 is 0 Å². The van der Waals surface area contributed by atoms with E-state index in [9.17, 15) is 19.3 Å². The number of hydrogen-bond donors (Lipinski definition) is 3. The molecule has 56 heavy (non-hydrogen) atoms. The predicted octanol–water partition coefficient (Wildman–Crippen LogP) is 11.1. The molecule has 3 aromatic rings. The van der Waals surface area contributed by atoms with E-state index >= 15 is 0 Å². The topological polar surface area (TPSA) is 137 Å². The van der Waals surface area contributed by atoms with Crippen LogP contribution >= 0.6 is 0 Å². The minimum atomic E-state index is -0.0307. The summed E-state index contributed by atoms with van der Waals surface area (Å²) in [4.78, 5) is 51.6. The van der Waals surface area contributed by atoms with Gasteiger partial charge in [-0.1, -0.05) is 123 Å². The zero-order chi connectivity index (χ0) is 44.2. The highest BCUT2D eigenvalue weighted by Crippen LogP contribution is 2.17. The monoisotopic (exact) mass is 780 g/mol. The quantitative estimate of drug-likeness (QED) is 0.0636. The van der Waals surface area contributed by atoms with Gasteiger partial charge < -0.3 is 25.6 Å². The fourth-order valence-electron chi connectivity index (χ4n) is 3.34. The zero-order valence-corrected chi connectivity index (χ0v) is 37.1. The van der Waals surface area contributed by atoms with E-state index in [-0.39, 0.29) is 5.78 Å². The lowest BCUT2D eigenvalue weighted by Gasteiger charge is -2.13. The number of Topliss-reactive ketones (excluding diaryl/α,β-unsaturated/α-hetero) is 1. The molecule has 3 N–H and O–H groups in total. The van der Waals surface area contributed by atoms with Crippen LogP contribution in [0.4, 0.5) is 11.4 Å². The summed E-state index contributed by atoms with van der Waals surface area (Å²) in [5.41, 5.74) is 4.63. The molecule has 0 unspecified atom stereocenters. The van der Waals surface area contributed by atoms with Crippen LogP contribution in [0, 0.1) is 4.91 Å². The Bertz CT molecular complexity index is 1330. The van der Waals surface area contributed by atoms with Crippen molar-refractivity contribution in [2.24, 2.45) is 5.18 Å². The second-order valence-corrected chi connectivity index (χ2v) is 12.6. The number of carbonyl (C=O) groups is 4. The van der Waals surface area contributed by atoms with Gasteiger partial charge in [-0.3, -0.25) is 14.4 Å². The molecular weight excluding hydrogens is 703 g/mol. The maximum Gasteiger partial charge on any atom is 0.207 e. The van der Waals surface area contributed by atoms with Gasteiger partial charge >= 0.3 is 0 Å². The summed E-state index contributed by atoms with van der Waals surface area (Å²) < 4.78 is 0. The first-order valence-electron chi connectivity index (χ1n) is 19.5. The lowest BCUT2D eigenvalue weighted by atomic mass is 10.1. The third-order valence-corrected chi connectivity index (χ3v) is 6.75. The number of rotatable bonds is 14. The van der Waals surface area contributed by atoms with Gasteiger partial charge in [0.2, 0.25) is 6.41 Å². The van der Waals surface area contributed by atoms with Crippen LogP contribution < -0.4 is 20.9 Å². The Morgan fingerprint density at radius 3 is 1.68 bits per heavy atom. The Balaban J connectivity index is -0.000000190. The van der Waals surface area contributed by atoms with Crippen molar-refractivity contribution in [1.29, 1.82) is 0 Å². The van der Waals surface area contributed by atoms with Crippen molar-refractivity contribution in [3.05, 3.63) is 113 Å². The lowest BCUT2D eigenvalue weighted by Crippen LogP contribution is -2.22. The van der Waals surface area contributed by atoms with Crippen molar-refractivity contribution in [2.75, 3.05) is 32.6 Å². The first kappa shape index (κ1) is 60.4. The van der Waals surface area contributed by atoms with Crippen LogP contribution in [-0.4, -0.2) is 59.0 Å². The molecule has 0 spiro atoms. The highest BCUT2D eigenvalue weighted by atomic mass is 16.3. The Kier molecular flexibility index (Phi) is 50.0. The van der Waals surface area contributed by atoms with Gasteiger partial charge in [0.05, 0.1) is 0 Å². The predicted molar refractivity (Wildman–Crippen MR) is 242 cm³/mol. The number of carbonyl (C=O) groups excluding carboxylic acids is 4. The smallest absolute Gasteiger partial charge is 0.207 e. The van der Waals surface area contributed by atoms with Crippen LogP contribution in [0.1, 0.15) is 139 Å². The number of nitrogens with zero attached hydrogens (tertiary/aromatic N) is 2. The zero-order valence-electron chi connectivity index (χ0n) is 37.1. The van der Waals surface area contributed by atoms with Crippen LogP contribution in [0.2, 0.25) is 0 Å². The maximum atomic E-state index is 11.2. The molecule has 0 radical (unpaired) electrons. The van der Waals surface area contributed by atoms with Gasteiger partial charge in [-0.2, -0.15) is 0 Å². The highest BCUT2D eigenvalue weighted by molar-refractivity contribution is 5.97. The van der Waals surface area contributed by atoms with Crippen molar-refractivity contribution in [3.8, 4) is 0 Å². The van der Waals surface area contributed by atoms with Gasteiger partial charge in [0.15, 0.2) is 5.78 Å². The summed E-state index contributed by atoms with van der Waals surface area (Å²) in [5, 5.41) is 11.7. The summed E-state index contributed by atoms with van der Waals surface area (Å²) >= 11 is 0. The SMILES string of the molecule is C=CCC.C=O.CC(=O)c1cc(C=O)cc(N(C)C)c1.CCC.CCCC.CCCNC(C)C.CN[C@H](C)c1ccccc1.O=CNCc1ccc(N=O)cc1. The minimum absolute atomic E-state index is 0.0307. The number of aldehydes is 1. The summed E-state index contributed by atoms with van der Waals surface area (Å²) in [6.45, 7) is 27.9. The van der Waals surface area contributed by atoms with Gasteiger partial charge in [-0.25, -0.2) is 0 Å². The second-order valence-electron chi connectivity index (χ2n) is 12.6. The number of anilines is 1. The molecule has 3 aromatic carbocycles. The molecule has 3 rings (SSSR count). The van der Waals surface area contributed by atoms with Crippen LogP contribution in [0.5, 0.6) is 0 Å². The van der Waals surface area contributed by atoms with Crippen molar-refractivity contribution < 1.29 is 19.2 Å². The van der Waals surface area contributed by atoms with E-state index in [0.29, 0.717) is 41.9 Å². The summed E-state index contributed by atoms with van der Waals surface area (Å²) in [6.07, 6.45) is 9.46. The van der Waals surface area contributed by atoms with Gasteiger partial charge in [0.25, 0.3) is 0 Å². The minimum Gasteiger partial charge on any atom is -0.378 e. The van der Waals surface area contributed by atoms with E-state index in [0.717, 1.165) is 30.5 Å². The second kappa shape index (κ2) is 46.4. The number of benzene rings is 3. The molecule has 1 amide bonds. The van der Waals surface area contributed by atoms with E-state index in [1.807, 2.05) is 45.0 Å². The molecule has 10 heteroatoms. The van der Waals surface area contributed by atoms with Crippen LogP contribution in [0.15, 0.2) is 90.6 Å². The van der Waals surface area contributed by atoms with E-state index in [2.05, 4.69) is 114 Å². The Hall–Kier alpha value is -4.80. The molecule has 0 heterocycles. The van der Waals surface area contributed by atoms with Crippen LogP contribution in [-0.2, 0) is 16.1 Å². The Morgan fingerprint density at radius 2 is 1.36 bits per heavy atom. The van der Waals surface area contributed by atoms with Gasteiger partial charge in [0, 0.05) is 49.5 Å². The molecule has 0 fully saturated rings. The largest absolute Gasteiger partial charge is 0.378 e. The van der Waals surface area contributed by atoms with Crippen LogP contribution in [0.3, 0.4) is 0 Å². The molecule has 316 valence electrons. The number of nitroso groups, excluding NO2 is 1. The number of allylic oxidation sites excluding steroid dienone is 1. The number of hydrogen-bond acceptors (Lipinski definition) is 9. The van der Waals surface area contributed by atoms with E-state index in [1.54, 1.807) is 42.5 Å². The van der Waals surface area contributed by atoms with Gasteiger partial charge in [-0.05, 0) is 86.9 Å². The fraction of sp³-hybridized carbons (Fsp3) is 0.478. The molecule has 0 saturated carbocycles. The number of amides is 1. The Labute approximate surface area is 341 Å². The summed E-state index contributed by atoms with van der Waals surface area (Å²) in [6, 6.07) is 23.3. The molecule has 0 saturated heterocycles. The number of nitrogens with one attached hydrogen (secondary N) is 3. The van der Waals surface area contributed by atoms with Crippen molar-refractivity contribution >= 4 is 36.6 Å². The highest BCUT2D eigenvalue weighted by Gasteiger charge is 2.05. The van der Waals surface area contributed by atoms with Gasteiger partial charge in [0.1, 0.15) is 18.8 Å². The third-order valence-electron chi connectivity index (χ3n) is 6.75. The molecule has 1 atom stereocenters. The first-order chi connectivity index (χ1) is 26.8.